The lowest BCUT2D eigenvalue weighted by Crippen LogP contribution is -2.38. The van der Waals surface area contributed by atoms with E-state index in [2.05, 4.69) is 25.2 Å². The number of rotatable bonds is 7. The average Bonchev–Trinajstić information content (AvgIpc) is 2.53. The predicted molar refractivity (Wildman–Crippen MR) is 100 cm³/mol. The number of carbonyl (C=O) groups excluding carboxylic acids is 1. The van der Waals surface area contributed by atoms with Crippen molar-refractivity contribution in [3.05, 3.63) is 58.7 Å². The van der Waals surface area contributed by atoms with E-state index < -0.39 is 6.10 Å². The third-order valence-corrected chi connectivity index (χ3v) is 4.03. The summed E-state index contributed by atoms with van der Waals surface area (Å²) in [5.74, 6) is 1.38. The summed E-state index contributed by atoms with van der Waals surface area (Å²) in [4.78, 5) is 12.1. The first-order chi connectivity index (χ1) is 11.8. The minimum Gasteiger partial charge on any atom is -0.492 e. The van der Waals surface area contributed by atoms with E-state index in [-0.39, 0.29) is 5.91 Å². The van der Waals surface area contributed by atoms with E-state index in [1.165, 1.54) is 11.1 Å². The zero-order valence-electron chi connectivity index (χ0n) is 15.7. The minimum atomic E-state index is -0.553. The molecule has 0 heterocycles. The van der Waals surface area contributed by atoms with Crippen LogP contribution in [-0.2, 0) is 4.79 Å². The number of hydrogen-bond acceptors (Lipinski definition) is 3. The second-order valence-corrected chi connectivity index (χ2v) is 6.47. The Labute approximate surface area is 150 Å². The number of ether oxygens (including phenoxy) is 2. The summed E-state index contributed by atoms with van der Waals surface area (Å²) in [5, 5.41) is 2.84. The molecule has 4 nitrogen and oxygen atoms in total. The lowest BCUT2D eigenvalue weighted by atomic mass is 10.1. The highest BCUT2D eigenvalue weighted by Gasteiger charge is 2.14. The fraction of sp³-hybridized carbons (Fsp3) is 0.381. The minimum absolute atomic E-state index is 0.150. The van der Waals surface area contributed by atoms with Gasteiger partial charge in [0.1, 0.15) is 18.1 Å². The van der Waals surface area contributed by atoms with Crippen LogP contribution in [0.25, 0.3) is 0 Å². The van der Waals surface area contributed by atoms with Crippen LogP contribution in [0.1, 0.15) is 29.2 Å². The van der Waals surface area contributed by atoms with Gasteiger partial charge in [-0.05, 0) is 81.1 Å². The predicted octanol–water partition coefficient (Wildman–Crippen LogP) is 3.88. The van der Waals surface area contributed by atoms with E-state index in [4.69, 9.17) is 9.47 Å². The quantitative estimate of drug-likeness (QED) is 0.778. The third-order valence-electron chi connectivity index (χ3n) is 4.03. The summed E-state index contributed by atoms with van der Waals surface area (Å²) < 4.78 is 11.4. The zero-order valence-corrected chi connectivity index (χ0v) is 15.7. The Hall–Kier alpha value is -2.49. The van der Waals surface area contributed by atoms with Crippen LogP contribution < -0.4 is 14.8 Å². The highest BCUT2D eigenvalue weighted by Crippen LogP contribution is 2.18. The third kappa shape index (κ3) is 5.82. The van der Waals surface area contributed by atoms with Crippen LogP contribution in [-0.4, -0.2) is 25.2 Å². The molecule has 0 bridgehead atoms. The van der Waals surface area contributed by atoms with Crippen molar-refractivity contribution < 1.29 is 14.3 Å². The topological polar surface area (TPSA) is 47.6 Å². The van der Waals surface area contributed by atoms with E-state index in [1.54, 1.807) is 6.92 Å². The molecule has 0 radical (unpaired) electrons. The van der Waals surface area contributed by atoms with Crippen molar-refractivity contribution >= 4 is 5.91 Å². The van der Waals surface area contributed by atoms with Crippen molar-refractivity contribution in [2.75, 3.05) is 13.2 Å². The molecular formula is C21H27NO3. The molecule has 1 N–H and O–H groups in total. The maximum atomic E-state index is 12.1. The summed E-state index contributed by atoms with van der Waals surface area (Å²) in [7, 11) is 0. The molecule has 1 amide bonds. The summed E-state index contributed by atoms with van der Waals surface area (Å²) in [6.07, 6.45) is -0.553. The van der Waals surface area contributed by atoms with Crippen LogP contribution in [0.4, 0.5) is 0 Å². The number of aryl methyl sites for hydroxylation is 4. The molecule has 0 saturated heterocycles. The monoisotopic (exact) mass is 341 g/mol. The van der Waals surface area contributed by atoms with Gasteiger partial charge < -0.3 is 14.8 Å². The summed E-state index contributed by atoms with van der Waals surface area (Å²) >= 11 is 0. The van der Waals surface area contributed by atoms with Crippen molar-refractivity contribution in [3.63, 3.8) is 0 Å². The van der Waals surface area contributed by atoms with Crippen LogP contribution in [0.2, 0.25) is 0 Å². The van der Waals surface area contributed by atoms with Crippen molar-refractivity contribution in [1.82, 2.24) is 5.32 Å². The SMILES string of the molecule is Cc1cc(C)cc(OC(C)C(=O)NCCOc2ccc(C)c(C)c2)c1. The fourth-order valence-electron chi connectivity index (χ4n) is 2.55. The lowest BCUT2D eigenvalue weighted by molar-refractivity contribution is -0.127. The molecule has 25 heavy (non-hydrogen) atoms. The van der Waals surface area contributed by atoms with E-state index in [0.29, 0.717) is 18.9 Å². The normalized spacial score (nSPS) is 11.7. The van der Waals surface area contributed by atoms with Crippen LogP contribution in [0.3, 0.4) is 0 Å². The van der Waals surface area contributed by atoms with Gasteiger partial charge in [-0.2, -0.15) is 0 Å². The van der Waals surface area contributed by atoms with Gasteiger partial charge in [-0.15, -0.1) is 0 Å². The number of hydrogen-bond donors (Lipinski definition) is 1. The smallest absolute Gasteiger partial charge is 0.260 e. The van der Waals surface area contributed by atoms with Gasteiger partial charge in [-0.25, -0.2) is 0 Å². The standard InChI is InChI=1S/C21H27NO3/c1-14-10-15(2)12-20(11-14)25-18(5)21(23)22-8-9-24-19-7-6-16(3)17(4)13-19/h6-7,10-13,18H,8-9H2,1-5H3,(H,22,23). The Morgan fingerprint density at radius 2 is 1.64 bits per heavy atom. The maximum Gasteiger partial charge on any atom is 0.260 e. The van der Waals surface area contributed by atoms with Gasteiger partial charge in [0.15, 0.2) is 6.10 Å². The van der Waals surface area contributed by atoms with E-state index in [0.717, 1.165) is 16.9 Å². The van der Waals surface area contributed by atoms with Gasteiger partial charge in [0, 0.05) is 0 Å². The Balaban J connectivity index is 1.76. The number of amides is 1. The van der Waals surface area contributed by atoms with Crippen molar-refractivity contribution in [2.24, 2.45) is 0 Å². The molecule has 0 spiro atoms. The van der Waals surface area contributed by atoms with Gasteiger partial charge in [-0.3, -0.25) is 4.79 Å². The number of carbonyl (C=O) groups is 1. The molecule has 1 unspecified atom stereocenters. The van der Waals surface area contributed by atoms with Crippen molar-refractivity contribution in [3.8, 4) is 11.5 Å². The van der Waals surface area contributed by atoms with Crippen LogP contribution in [0, 0.1) is 27.7 Å². The van der Waals surface area contributed by atoms with Gasteiger partial charge in [0.05, 0.1) is 6.54 Å². The van der Waals surface area contributed by atoms with Crippen LogP contribution in [0.5, 0.6) is 11.5 Å². The van der Waals surface area contributed by atoms with Crippen LogP contribution in [0.15, 0.2) is 36.4 Å². The number of benzene rings is 2. The Morgan fingerprint density at radius 1 is 0.960 bits per heavy atom. The molecule has 0 aliphatic rings. The molecule has 134 valence electrons. The van der Waals surface area contributed by atoms with E-state index >= 15 is 0 Å². The molecule has 0 aliphatic carbocycles. The molecule has 2 aromatic carbocycles. The van der Waals surface area contributed by atoms with Crippen LogP contribution >= 0.6 is 0 Å². The molecule has 0 fully saturated rings. The first-order valence-corrected chi connectivity index (χ1v) is 8.58. The molecule has 4 heteroatoms. The fourth-order valence-corrected chi connectivity index (χ4v) is 2.55. The molecule has 1 atom stereocenters. The molecule has 0 saturated carbocycles. The second-order valence-electron chi connectivity index (χ2n) is 6.47. The Kier molecular flexibility index (Phi) is 6.45. The zero-order chi connectivity index (χ0) is 18.4. The summed E-state index contributed by atoms with van der Waals surface area (Å²) in [6, 6.07) is 11.9. The molecule has 2 aromatic rings. The van der Waals surface area contributed by atoms with E-state index in [1.807, 2.05) is 44.2 Å². The van der Waals surface area contributed by atoms with Gasteiger partial charge in [-0.1, -0.05) is 12.1 Å². The Bertz CT molecular complexity index is 720. The summed E-state index contributed by atoms with van der Waals surface area (Å²) in [5.41, 5.74) is 4.66. The maximum absolute atomic E-state index is 12.1. The summed E-state index contributed by atoms with van der Waals surface area (Å²) in [6.45, 7) is 10.7. The highest BCUT2D eigenvalue weighted by molar-refractivity contribution is 5.80. The number of nitrogens with one attached hydrogen (secondary N) is 1. The molecule has 0 aliphatic heterocycles. The molecule has 2 rings (SSSR count). The molecule has 0 aromatic heterocycles. The van der Waals surface area contributed by atoms with E-state index in [9.17, 15) is 4.79 Å². The van der Waals surface area contributed by atoms with Crippen molar-refractivity contribution in [2.45, 2.75) is 40.7 Å². The highest BCUT2D eigenvalue weighted by atomic mass is 16.5. The largest absolute Gasteiger partial charge is 0.492 e. The molecular weight excluding hydrogens is 314 g/mol. The van der Waals surface area contributed by atoms with Gasteiger partial charge in [0.25, 0.3) is 5.91 Å². The van der Waals surface area contributed by atoms with Crippen molar-refractivity contribution in [1.29, 1.82) is 0 Å². The van der Waals surface area contributed by atoms with Gasteiger partial charge >= 0.3 is 0 Å². The first-order valence-electron chi connectivity index (χ1n) is 8.58. The van der Waals surface area contributed by atoms with Gasteiger partial charge in [0.2, 0.25) is 0 Å². The Morgan fingerprint density at radius 3 is 2.28 bits per heavy atom. The average molecular weight is 341 g/mol. The second kappa shape index (κ2) is 8.56. The lowest BCUT2D eigenvalue weighted by Gasteiger charge is -2.16. The first kappa shape index (κ1) is 18.8.